The average molecular weight is 134 g/mol. The molecule has 2 nitrogen and oxygen atoms in total. The summed E-state index contributed by atoms with van der Waals surface area (Å²) in [6.07, 6.45) is 0. The van der Waals surface area contributed by atoms with E-state index < -0.39 is 0 Å². The van der Waals surface area contributed by atoms with Gasteiger partial charge < -0.3 is 10.5 Å². The van der Waals surface area contributed by atoms with Crippen LogP contribution < -0.4 is 10.5 Å². The average Bonchev–Trinajstić information content (AvgIpc) is 2.05. The molecule has 0 heterocycles. The van der Waals surface area contributed by atoms with Crippen molar-refractivity contribution in [2.24, 2.45) is 0 Å². The van der Waals surface area contributed by atoms with E-state index in [-0.39, 0.29) is 0 Å². The van der Waals surface area contributed by atoms with Crippen LogP contribution in [0.2, 0.25) is 0 Å². The summed E-state index contributed by atoms with van der Waals surface area (Å²) in [5.74, 6) is 0. The maximum Gasteiger partial charge on any atom is 0.0376 e. The number of rotatable bonds is 2. The molecule has 0 atom stereocenters. The van der Waals surface area contributed by atoms with Gasteiger partial charge in [-0.15, -0.1) is 0 Å². The minimum absolute atomic E-state index is 0.297. The summed E-state index contributed by atoms with van der Waals surface area (Å²) in [5, 5.41) is 6.64. The van der Waals surface area contributed by atoms with Gasteiger partial charge in [0.05, 0.1) is 0 Å². The minimum atomic E-state index is 0.297. The lowest BCUT2D eigenvalue weighted by Crippen LogP contribution is -1.92. The zero-order chi connectivity index (χ0) is 7.40. The molecule has 1 rings (SSSR count). The number of nitrogens with one attached hydrogen (secondary N) is 2. The highest BCUT2D eigenvalue weighted by molar-refractivity contribution is 6.16. The fourth-order valence-corrected chi connectivity index (χ4v) is 0.470. The standard InChI is InChI=1S/C6H12B2N2/c7-9-5-1-2-6(10-8)4-3-5/h1-4,9-10H,7-8H3/q-2. The smallest absolute Gasteiger partial charge is 0.0376 e. The van der Waals surface area contributed by atoms with Gasteiger partial charge in [-0.1, -0.05) is 0 Å². The van der Waals surface area contributed by atoms with E-state index in [1.165, 1.54) is 11.4 Å². The zero-order valence-corrected chi connectivity index (χ0v) is 4.31. The highest BCUT2D eigenvalue weighted by Crippen LogP contribution is 2.10. The molecule has 1 aromatic rings. The maximum atomic E-state index is 3.32. The van der Waals surface area contributed by atoms with E-state index in [1.807, 2.05) is 0 Å². The molecule has 0 saturated carbocycles. The Labute approximate surface area is 62.9 Å². The fraction of sp³-hybridized carbons (Fsp3) is 0. The van der Waals surface area contributed by atoms with E-state index in [0.29, 0.717) is 16.0 Å². The largest absolute Gasteiger partial charge is 0.567 e. The number of hydrogen-bond acceptors (Lipinski definition) is 2. The van der Waals surface area contributed by atoms with Gasteiger partial charge in [-0.2, -0.15) is 0 Å². The van der Waals surface area contributed by atoms with Crippen LogP contribution in [0.3, 0.4) is 0 Å². The Bertz CT molecular complexity index is 174. The normalized spacial score (nSPS) is 9.00. The Morgan fingerprint density at radius 1 is 0.800 bits per heavy atom. The third-order valence-corrected chi connectivity index (χ3v) is 0.885. The molecule has 0 aliphatic heterocycles. The second-order valence-electron chi connectivity index (χ2n) is 1.58. The van der Waals surface area contributed by atoms with Gasteiger partial charge in [-0.3, -0.25) is 0 Å². The topological polar surface area (TPSA) is 24.1 Å². The van der Waals surface area contributed by atoms with Crippen molar-refractivity contribution in [3.63, 3.8) is 0 Å². The van der Waals surface area contributed by atoms with E-state index in [1.54, 1.807) is 0 Å². The lowest BCUT2D eigenvalue weighted by Gasteiger charge is -2.07. The Morgan fingerprint density at radius 2 is 1.10 bits per heavy atom. The predicted octanol–water partition coefficient (Wildman–Crippen LogP) is -0.929. The summed E-state index contributed by atoms with van der Waals surface area (Å²) < 4.78 is 0. The molecule has 0 aromatic heterocycles. The highest BCUT2D eigenvalue weighted by Gasteiger charge is 1.83. The van der Waals surface area contributed by atoms with E-state index in [4.69, 9.17) is 0 Å². The van der Waals surface area contributed by atoms with Gasteiger partial charge in [-0.25, -0.2) is 0 Å². The molecule has 10 heavy (non-hydrogen) atoms. The van der Waals surface area contributed by atoms with Crippen LogP contribution in [0.25, 0.3) is 0 Å². The van der Waals surface area contributed by atoms with Crippen LogP contribution in [-0.2, 0) is 0 Å². The molecule has 0 amide bonds. The molecule has 0 saturated heterocycles. The molecule has 0 radical (unpaired) electrons. The molecule has 4 heteroatoms. The van der Waals surface area contributed by atoms with Crippen LogP contribution >= 0.6 is 0 Å². The van der Waals surface area contributed by atoms with E-state index in [0.717, 1.165) is 0 Å². The van der Waals surface area contributed by atoms with Crippen LogP contribution in [0.15, 0.2) is 24.3 Å². The van der Waals surface area contributed by atoms with Gasteiger partial charge in [0, 0.05) is 16.0 Å². The van der Waals surface area contributed by atoms with Gasteiger partial charge in [0.1, 0.15) is 0 Å². The predicted molar refractivity (Wildman–Crippen MR) is 53.6 cm³/mol. The van der Waals surface area contributed by atoms with Crippen LogP contribution in [0.4, 0.5) is 11.4 Å². The molecule has 1 aromatic carbocycles. The summed E-state index contributed by atoms with van der Waals surface area (Å²) in [6, 6.07) is 8.54. The molecule has 0 spiro atoms. The van der Waals surface area contributed by atoms with Gasteiger partial charge in [0.2, 0.25) is 0 Å². The number of benzene rings is 1. The van der Waals surface area contributed by atoms with Gasteiger partial charge in [-0.05, 0) is 35.6 Å². The first-order valence-electron chi connectivity index (χ1n) is 2.32. The Morgan fingerprint density at radius 3 is 1.30 bits per heavy atom. The molecular formula is C6H12B2N2-2. The first-order valence-corrected chi connectivity index (χ1v) is 2.32. The van der Waals surface area contributed by atoms with Crippen LogP contribution in [0.5, 0.6) is 0 Å². The highest BCUT2D eigenvalue weighted by atomic mass is 14.8. The fourth-order valence-electron chi connectivity index (χ4n) is 0.470. The Balaban J connectivity index is 2.80. The second kappa shape index (κ2) is 3.20. The SMILES string of the molecule is [BH3-]Nc1ccc(N[BH3-])cc1. The zero-order valence-electron chi connectivity index (χ0n) is 4.31. The van der Waals surface area contributed by atoms with Crippen LogP contribution in [0, 0.1) is 0 Å². The van der Waals surface area contributed by atoms with Crippen molar-refractivity contribution in [1.82, 2.24) is 0 Å². The molecule has 2 N–H and O–H groups in total. The van der Waals surface area contributed by atoms with Gasteiger partial charge >= 0.3 is 0 Å². The number of anilines is 2. The van der Waals surface area contributed by atoms with E-state index in [9.17, 15) is 0 Å². The van der Waals surface area contributed by atoms with Crippen molar-refractivity contribution < 1.29 is 0 Å². The summed E-state index contributed by atoms with van der Waals surface area (Å²) in [5.41, 5.74) is 2.55. The summed E-state index contributed by atoms with van der Waals surface area (Å²) in [7, 11) is 0.594. The third kappa shape index (κ3) is 1.47. The van der Waals surface area contributed by atoms with Crippen molar-refractivity contribution in [3.8, 4) is 0 Å². The monoisotopic (exact) mass is 134 g/mol. The molecule has 54 valence electrons. The van der Waals surface area contributed by atoms with Crippen molar-refractivity contribution in [3.05, 3.63) is 24.3 Å². The van der Waals surface area contributed by atoms with Crippen molar-refractivity contribution in [1.29, 1.82) is 0 Å². The summed E-state index contributed by atoms with van der Waals surface area (Å²) in [6.45, 7) is 0. The maximum absolute atomic E-state index is 3.32. The van der Waals surface area contributed by atoms with Gasteiger partial charge in [0.25, 0.3) is 0 Å². The molecule has 0 aliphatic carbocycles. The lowest BCUT2D eigenvalue weighted by molar-refractivity contribution is 1.65. The quantitative estimate of drug-likeness (QED) is 0.510. The third-order valence-electron chi connectivity index (χ3n) is 0.885. The number of hydrogen-bond donors (Lipinski definition) is 2. The Kier molecular flexibility index (Phi) is 2.26. The minimum Gasteiger partial charge on any atom is -0.567 e. The molecule has 0 fully saturated rings. The molecule has 0 aliphatic rings. The van der Waals surface area contributed by atoms with E-state index >= 15 is 0 Å². The Hall–Kier alpha value is -1.05. The van der Waals surface area contributed by atoms with Crippen molar-refractivity contribution in [2.75, 3.05) is 10.5 Å². The molecular weight excluding hydrogens is 122 g/mol. The second-order valence-corrected chi connectivity index (χ2v) is 1.58. The summed E-state index contributed by atoms with van der Waals surface area (Å²) >= 11 is 0. The first kappa shape index (κ1) is 7.06. The van der Waals surface area contributed by atoms with Crippen molar-refractivity contribution in [2.45, 2.75) is 0 Å². The van der Waals surface area contributed by atoms with E-state index in [2.05, 4.69) is 34.7 Å². The first-order chi connectivity index (χ1) is 4.86. The van der Waals surface area contributed by atoms with Gasteiger partial charge in [0.15, 0.2) is 0 Å². The van der Waals surface area contributed by atoms with Crippen LogP contribution in [0.1, 0.15) is 0 Å². The van der Waals surface area contributed by atoms with Crippen molar-refractivity contribution >= 4 is 27.3 Å². The summed E-state index contributed by atoms with van der Waals surface area (Å²) in [4.78, 5) is 0. The lowest BCUT2D eigenvalue weighted by atomic mass is 10.2. The van der Waals surface area contributed by atoms with Crippen LogP contribution in [-0.4, -0.2) is 16.0 Å². The molecule has 0 bridgehead atoms. The molecule has 0 unspecified atom stereocenters.